The van der Waals surface area contributed by atoms with Crippen molar-refractivity contribution in [2.24, 2.45) is 5.92 Å². The Bertz CT molecular complexity index is 241. The molecule has 16 heavy (non-hydrogen) atoms. The maximum Gasteiger partial charge on any atom is 0.317 e. The Labute approximate surface area is 93.6 Å². The van der Waals surface area contributed by atoms with E-state index >= 15 is 0 Å². The van der Waals surface area contributed by atoms with Crippen molar-refractivity contribution in [3.05, 3.63) is 0 Å². The van der Waals surface area contributed by atoms with E-state index in [0.717, 1.165) is 12.8 Å². The Balaban J connectivity index is 2.30. The molecule has 1 rings (SSSR count). The highest BCUT2D eigenvalue weighted by molar-refractivity contribution is 5.74. The zero-order chi connectivity index (χ0) is 12.2. The molecule has 0 aliphatic carbocycles. The van der Waals surface area contributed by atoms with Crippen LogP contribution in [0.3, 0.4) is 0 Å². The molecule has 1 aliphatic heterocycles. The maximum atomic E-state index is 12.7. The van der Waals surface area contributed by atoms with Crippen LogP contribution in [0, 0.1) is 5.92 Å². The van der Waals surface area contributed by atoms with Crippen LogP contribution in [0.5, 0.6) is 0 Å². The number of amides is 2. The molecule has 1 aliphatic rings. The fraction of sp³-hybridized carbons (Fsp3) is 0.900. The molecule has 0 radical (unpaired) electrons. The van der Waals surface area contributed by atoms with Crippen LogP contribution in [0.15, 0.2) is 0 Å². The molecule has 0 unspecified atom stereocenters. The van der Waals surface area contributed by atoms with Crippen LogP contribution in [0.4, 0.5) is 13.6 Å². The second-order valence-electron chi connectivity index (χ2n) is 4.34. The molecule has 4 nitrogen and oxygen atoms in total. The van der Waals surface area contributed by atoms with Gasteiger partial charge in [-0.2, -0.15) is 0 Å². The second-order valence-corrected chi connectivity index (χ2v) is 4.34. The van der Waals surface area contributed by atoms with Gasteiger partial charge in [-0.1, -0.05) is 6.92 Å². The van der Waals surface area contributed by atoms with Crippen molar-refractivity contribution in [1.82, 2.24) is 10.2 Å². The largest absolute Gasteiger partial charge is 0.390 e. The monoisotopic (exact) mass is 236 g/mol. The molecular weight excluding hydrogens is 218 g/mol. The Morgan fingerprint density at radius 3 is 2.56 bits per heavy atom. The van der Waals surface area contributed by atoms with Gasteiger partial charge >= 0.3 is 6.03 Å². The first kappa shape index (κ1) is 13.2. The van der Waals surface area contributed by atoms with Gasteiger partial charge in [0.25, 0.3) is 5.92 Å². The standard InChI is InChI=1S/C10H18F2N2O2/c1-8-2-4-14(5-3-8)9(16)13-6-10(11,12)7-15/h8,15H,2-7H2,1H3,(H,13,16). The Hall–Kier alpha value is -0.910. The summed E-state index contributed by atoms with van der Waals surface area (Å²) in [7, 11) is 0. The molecule has 2 N–H and O–H groups in total. The van der Waals surface area contributed by atoms with Crippen LogP contribution >= 0.6 is 0 Å². The van der Waals surface area contributed by atoms with Crippen LogP contribution < -0.4 is 5.32 Å². The minimum atomic E-state index is -3.24. The molecule has 1 heterocycles. The minimum Gasteiger partial charge on any atom is -0.390 e. The number of hydrogen-bond donors (Lipinski definition) is 2. The van der Waals surface area contributed by atoms with Crippen molar-refractivity contribution in [2.75, 3.05) is 26.2 Å². The molecule has 6 heteroatoms. The number of nitrogens with one attached hydrogen (secondary N) is 1. The van der Waals surface area contributed by atoms with Crippen LogP contribution in [0.25, 0.3) is 0 Å². The lowest BCUT2D eigenvalue weighted by Crippen LogP contribution is -2.48. The SMILES string of the molecule is CC1CCN(C(=O)NCC(F)(F)CO)CC1. The van der Waals surface area contributed by atoms with Gasteiger partial charge < -0.3 is 15.3 Å². The third kappa shape index (κ3) is 3.92. The zero-order valence-electron chi connectivity index (χ0n) is 9.38. The van der Waals surface area contributed by atoms with E-state index in [9.17, 15) is 13.6 Å². The van der Waals surface area contributed by atoms with E-state index in [1.165, 1.54) is 4.90 Å². The number of alkyl halides is 2. The maximum absolute atomic E-state index is 12.7. The second kappa shape index (κ2) is 5.43. The predicted molar refractivity (Wildman–Crippen MR) is 55.4 cm³/mol. The zero-order valence-corrected chi connectivity index (χ0v) is 9.38. The van der Waals surface area contributed by atoms with E-state index in [-0.39, 0.29) is 0 Å². The molecule has 0 aromatic heterocycles. The van der Waals surface area contributed by atoms with Gasteiger partial charge in [-0.25, -0.2) is 13.6 Å². The molecule has 1 fully saturated rings. The van der Waals surface area contributed by atoms with E-state index in [2.05, 4.69) is 12.2 Å². The summed E-state index contributed by atoms with van der Waals surface area (Å²) >= 11 is 0. The average Bonchev–Trinajstić information content (AvgIpc) is 2.27. The van der Waals surface area contributed by atoms with Gasteiger partial charge in [0.1, 0.15) is 6.61 Å². The molecule has 2 amide bonds. The number of carbonyl (C=O) groups excluding carboxylic acids is 1. The summed E-state index contributed by atoms with van der Waals surface area (Å²) in [6.45, 7) is 1.27. The number of likely N-dealkylation sites (tertiary alicyclic amines) is 1. The molecule has 94 valence electrons. The number of aliphatic hydroxyl groups is 1. The number of rotatable bonds is 3. The Morgan fingerprint density at radius 2 is 2.06 bits per heavy atom. The molecule has 0 bridgehead atoms. The molecule has 0 aromatic rings. The highest BCUT2D eigenvalue weighted by atomic mass is 19.3. The first-order valence-corrected chi connectivity index (χ1v) is 5.46. The van der Waals surface area contributed by atoms with Crippen molar-refractivity contribution in [3.8, 4) is 0 Å². The topological polar surface area (TPSA) is 52.6 Å². The number of urea groups is 1. The lowest BCUT2D eigenvalue weighted by atomic mass is 10.00. The Kier molecular flexibility index (Phi) is 4.46. The summed E-state index contributed by atoms with van der Waals surface area (Å²) in [5.41, 5.74) is 0. The molecule has 0 saturated carbocycles. The summed E-state index contributed by atoms with van der Waals surface area (Å²) < 4.78 is 25.3. The highest BCUT2D eigenvalue weighted by Gasteiger charge is 2.29. The van der Waals surface area contributed by atoms with Gasteiger partial charge in [0.05, 0.1) is 6.54 Å². The van der Waals surface area contributed by atoms with Crippen LogP contribution in [-0.4, -0.2) is 48.2 Å². The predicted octanol–water partition coefficient (Wildman–Crippen LogP) is 1.06. The van der Waals surface area contributed by atoms with Crippen molar-refractivity contribution >= 4 is 6.03 Å². The summed E-state index contributed by atoms with van der Waals surface area (Å²) in [4.78, 5) is 13.0. The van der Waals surface area contributed by atoms with Crippen LogP contribution in [-0.2, 0) is 0 Å². The number of aliphatic hydroxyl groups excluding tert-OH is 1. The van der Waals surface area contributed by atoms with E-state index in [1.807, 2.05) is 0 Å². The smallest absolute Gasteiger partial charge is 0.317 e. The normalized spacial score (nSPS) is 18.6. The number of halogens is 2. The number of nitrogens with zero attached hydrogens (tertiary/aromatic N) is 1. The van der Waals surface area contributed by atoms with Gasteiger partial charge in [0.2, 0.25) is 0 Å². The fourth-order valence-electron chi connectivity index (χ4n) is 1.58. The van der Waals surface area contributed by atoms with Gasteiger partial charge in [-0.3, -0.25) is 0 Å². The molecule has 0 atom stereocenters. The van der Waals surface area contributed by atoms with Crippen LogP contribution in [0.2, 0.25) is 0 Å². The number of carbonyl (C=O) groups is 1. The summed E-state index contributed by atoms with van der Waals surface area (Å²) in [6.07, 6.45) is 1.81. The molecule has 0 spiro atoms. The van der Waals surface area contributed by atoms with Crippen molar-refractivity contribution in [3.63, 3.8) is 0 Å². The first-order valence-electron chi connectivity index (χ1n) is 5.46. The van der Waals surface area contributed by atoms with Crippen molar-refractivity contribution < 1.29 is 18.7 Å². The third-order valence-corrected chi connectivity index (χ3v) is 2.80. The summed E-state index contributed by atoms with van der Waals surface area (Å²) in [5.74, 6) is -2.65. The summed E-state index contributed by atoms with van der Waals surface area (Å²) in [6, 6.07) is -0.472. The average molecular weight is 236 g/mol. The first-order chi connectivity index (χ1) is 7.44. The van der Waals surface area contributed by atoms with E-state index in [4.69, 9.17) is 5.11 Å². The van der Waals surface area contributed by atoms with Gasteiger partial charge in [-0.05, 0) is 18.8 Å². The van der Waals surface area contributed by atoms with E-state index in [1.54, 1.807) is 0 Å². The van der Waals surface area contributed by atoms with Gasteiger partial charge in [0.15, 0.2) is 0 Å². The van der Waals surface area contributed by atoms with Crippen molar-refractivity contribution in [2.45, 2.75) is 25.7 Å². The lowest BCUT2D eigenvalue weighted by molar-refractivity contribution is -0.0461. The van der Waals surface area contributed by atoms with Crippen LogP contribution in [0.1, 0.15) is 19.8 Å². The summed E-state index contributed by atoms with van der Waals surface area (Å²) in [5, 5.41) is 10.5. The lowest BCUT2D eigenvalue weighted by Gasteiger charge is -2.30. The molecule has 1 saturated heterocycles. The van der Waals surface area contributed by atoms with Crippen molar-refractivity contribution in [1.29, 1.82) is 0 Å². The van der Waals surface area contributed by atoms with Gasteiger partial charge in [0, 0.05) is 13.1 Å². The van der Waals surface area contributed by atoms with E-state index in [0.29, 0.717) is 19.0 Å². The highest BCUT2D eigenvalue weighted by Crippen LogP contribution is 2.16. The van der Waals surface area contributed by atoms with E-state index < -0.39 is 25.1 Å². The number of hydrogen-bond acceptors (Lipinski definition) is 2. The Morgan fingerprint density at radius 1 is 1.50 bits per heavy atom. The fourth-order valence-corrected chi connectivity index (χ4v) is 1.58. The third-order valence-electron chi connectivity index (χ3n) is 2.80. The molecule has 0 aromatic carbocycles. The minimum absolute atomic E-state index is 0.472. The van der Waals surface area contributed by atoms with Gasteiger partial charge in [-0.15, -0.1) is 0 Å². The number of piperidine rings is 1. The quantitative estimate of drug-likeness (QED) is 0.769. The molecular formula is C10H18F2N2O2.